The summed E-state index contributed by atoms with van der Waals surface area (Å²) in [5.74, 6) is 0.557. The van der Waals surface area contributed by atoms with Crippen LogP contribution in [-0.4, -0.2) is 24.7 Å². The molecule has 18 heavy (non-hydrogen) atoms. The highest BCUT2D eigenvalue weighted by molar-refractivity contribution is 6.31. The van der Waals surface area contributed by atoms with Crippen LogP contribution in [0.3, 0.4) is 0 Å². The van der Waals surface area contributed by atoms with Crippen molar-refractivity contribution >= 4 is 17.3 Å². The highest BCUT2D eigenvalue weighted by Gasteiger charge is 2.15. The zero-order chi connectivity index (χ0) is 13.0. The van der Waals surface area contributed by atoms with Crippen LogP contribution in [-0.2, 0) is 11.3 Å². The highest BCUT2D eigenvalue weighted by atomic mass is 35.5. The lowest BCUT2D eigenvalue weighted by Crippen LogP contribution is -2.22. The standard InChI is InChI=1S/C12H15ClN2O3/c13-12-5-11(15(16)17)2-1-10(12)7-14-6-9-3-4-18-8-9/h1-2,5,9,14H,3-4,6-8H2. The molecule has 0 bridgehead atoms. The molecule has 2 rings (SSSR count). The first-order chi connectivity index (χ1) is 8.66. The number of non-ortho nitro benzene ring substituents is 1. The van der Waals surface area contributed by atoms with Gasteiger partial charge in [0.05, 0.1) is 16.6 Å². The van der Waals surface area contributed by atoms with Gasteiger partial charge in [-0.1, -0.05) is 11.6 Å². The van der Waals surface area contributed by atoms with E-state index in [4.69, 9.17) is 16.3 Å². The minimum absolute atomic E-state index is 0.0212. The molecule has 5 nitrogen and oxygen atoms in total. The monoisotopic (exact) mass is 270 g/mol. The summed E-state index contributed by atoms with van der Waals surface area (Å²) in [6.45, 7) is 3.15. The Morgan fingerprint density at radius 1 is 1.56 bits per heavy atom. The first-order valence-electron chi connectivity index (χ1n) is 5.88. The van der Waals surface area contributed by atoms with E-state index in [1.807, 2.05) is 0 Å². The zero-order valence-corrected chi connectivity index (χ0v) is 10.7. The number of nitrogens with one attached hydrogen (secondary N) is 1. The zero-order valence-electron chi connectivity index (χ0n) is 9.89. The van der Waals surface area contributed by atoms with Gasteiger partial charge < -0.3 is 10.1 Å². The molecule has 6 heteroatoms. The number of rotatable bonds is 5. The molecule has 1 saturated heterocycles. The molecule has 1 N–H and O–H groups in total. The van der Waals surface area contributed by atoms with Gasteiger partial charge in [-0.05, 0) is 24.0 Å². The fraction of sp³-hybridized carbons (Fsp3) is 0.500. The summed E-state index contributed by atoms with van der Waals surface area (Å²) >= 11 is 6.00. The molecular formula is C12H15ClN2O3. The second-order valence-electron chi connectivity index (χ2n) is 4.39. The second-order valence-corrected chi connectivity index (χ2v) is 4.80. The minimum Gasteiger partial charge on any atom is -0.381 e. The number of hydrogen-bond donors (Lipinski definition) is 1. The summed E-state index contributed by atoms with van der Waals surface area (Å²) in [5, 5.41) is 14.3. The summed E-state index contributed by atoms with van der Waals surface area (Å²) in [6, 6.07) is 4.55. The molecule has 1 aliphatic rings. The third-order valence-corrected chi connectivity index (χ3v) is 3.37. The van der Waals surface area contributed by atoms with Gasteiger partial charge in [-0.2, -0.15) is 0 Å². The Balaban J connectivity index is 1.87. The number of hydrogen-bond acceptors (Lipinski definition) is 4. The Hall–Kier alpha value is -1.17. The number of nitro benzene ring substituents is 1. The lowest BCUT2D eigenvalue weighted by atomic mass is 10.1. The van der Waals surface area contributed by atoms with Crippen molar-refractivity contribution in [3.63, 3.8) is 0 Å². The number of halogens is 1. The van der Waals surface area contributed by atoms with E-state index >= 15 is 0 Å². The number of ether oxygens (including phenoxy) is 1. The number of nitrogens with zero attached hydrogens (tertiary/aromatic N) is 1. The van der Waals surface area contributed by atoms with Crippen LogP contribution in [0.5, 0.6) is 0 Å². The summed E-state index contributed by atoms with van der Waals surface area (Å²) < 4.78 is 5.28. The molecule has 0 aliphatic carbocycles. The van der Waals surface area contributed by atoms with Crippen molar-refractivity contribution in [2.75, 3.05) is 19.8 Å². The molecule has 1 fully saturated rings. The smallest absolute Gasteiger partial charge is 0.270 e. The number of nitro groups is 1. The van der Waals surface area contributed by atoms with E-state index in [1.54, 1.807) is 6.07 Å². The van der Waals surface area contributed by atoms with E-state index in [1.165, 1.54) is 12.1 Å². The van der Waals surface area contributed by atoms with Gasteiger partial charge in [-0.15, -0.1) is 0 Å². The topological polar surface area (TPSA) is 64.4 Å². The maximum atomic E-state index is 10.6. The van der Waals surface area contributed by atoms with Crippen molar-refractivity contribution in [1.82, 2.24) is 5.32 Å². The third-order valence-electron chi connectivity index (χ3n) is 3.02. The Morgan fingerprint density at radius 2 is 2.39 bits per heavy atom. The molecule has 1 heterocycles. The third kappa shape index (κ3) is 3.41. The largest absolute Gasteiger partial charge is 0.381 e. The van der Waals surface area contributed by atoms with Crippen molar-refractivity contribution in [3.05, 3.63) is 38.9 Å². The first-order valence-corrected chi connectivity index (χ1v) is 6.26. The van der Waals surface area contributed by atoms with Gasteiger partial charge in [0.15, 0.2) is 0 Å². The maximum Gasteiger partial charge on any atom is 0.270 e. The van der Waals surface area contributed by atoms with Crippen LogP contribution in [0, 0.1) is 16.0 Å². The fourth-order valence-electron chi connectivity index (χ4n) is 1.95. The molecule has 1 unspecified atom stereocenters. The molecule has 0 radical (unpaired) electrons. The second kappa shape index (κ2) is 6.13. The highest BCUT2D eigenvalue weighted by Crippen LogP contribution is 2.22. The predicted octanol–water partition coefficient (Wildman–Crippen LogP) is 2.37. The molecule has 0 aromatic heterocycles. The van der Waals surface area contributed by atoms with E-state index in [9.17, 15) is 10.1 Å². The minimum atomic E-state index is -0.445. The van der Waals surface area contributed by atoms with Crippen LogP contribution >= 0.6 is 11.6 Å². The molecule has 1 atom stereocenters. The molecule has 0 spiro atoms. The van der Waals surface area contributed by atoms with Crippen LogP contribution in [0.15, 0.2) is 18.2 Å². The van der Waals surface area contributed by atoms with E-state index < -0.39 is 4.92 Å². The van der Waals surface area contributed by atoms with Crippen LogP contribution in [0.2, 0.25) is 5.02 Å². The summed E-state index contributed by atoms with van der Waals surface area (Å²) in [5.41, 5.74) is 0.897. The summed E-state index contributed by atoms with van der Waals surface area (Å²) in [4.78, 5) is 10.1. The number of benzene rings is 1. The SMILES string of the molecule is O=[N+]([O-])c1ccc(CNCC2CCOC2)c(Cl)c1. The molecule has 1 aromatic rings. The van der Waals surface area contributed by atoms with E-state index in [0.717, 1.165) is 31.7 Å². The molecule has 98 valence electrons. The molecule has 1 aliphatic heterocycles. The molecule has 1 aromatic carbocycles. The maximum absolute atomic E-state index is 10.6. The van der Waals surface area contributed by atoms with Gasteiger partial charge in [0.2, 0.25) is 0 Å². The van der Waals surface area contributed by atoms with Crippen molar-refractivity contribution in [1.29, 1.82) is 0 Å². The van der Waals surface area contributed by atoms with Gasteiger partial charge in [-0.3, -0.25) is 10.1 Å². The van der Waals surface area contributed by atoms with E-state index in [0.29, 0.717) is 17.5 Å². The fourth-order valence-corrected chi connectivity index (χ4v) is 2.19. The molecule has 0 saturated carbocycles. The summed E-state index contributed by atoms with van der Waals surface area (Å²) in [6.07, 6.45) is 1.08. The van der Waals surface area contributed by atoms with Crippen molar-refractivity contribution in [2.45, 2.75) is 13.0 Å². The van der Waals surface area contributed by atoms with E-state index in [2.05, 4.69) is 5.32 Å². The summed E-state index contributed by atoms with van der Waals surface area (Å²) in [7, 11) is 0. The van der Waals surface area contributed by atoms with Crippen molar-refractivity contribution in [3.8, 4) is 0 Å². The van der Waals surface area contributed by atoms with Gasteiger partial charge in [-0.25, -0.2) is 0 Å². The lowest BCUT2D eigenvalue weighted by Gasteiger charge is -2.10. The Labute approximate surface area is 110 Å². The molecular weight excluding hydrogens is 256 g/mol. The van der Waals surface area contributed by atoms with Gasteiger partial charge in [0, 0.05) is 31.8 Å². The normalized spacial score (nSPS) is 19.1. The van der Waals surface area contributed by atoms with Crippen LogP contribution in [0.1, 0.15) is 12.0 Å². The first kappa shape index (κ1) is 13.3. The van der Waals surface area contributed by atoms with Crippen LogP contribution in [0.4, 0.5) is 5.69 Å². The molecule has 0 amide bonds. The lowest BCUT2D eigenvalue weighted by molar-refractivity contribution is -0.384. The Kier molecular flexibility index (Phi) is 4.52. The Bertz CT molecular complexity index is 433. The average Bonchev–Trinajstić information content (AvgIpc) is 2.84. The van der Waals surface area contributed by atoms with Crippen LogP contribution < -0.4 is 5.32 Å². The predicted molar refractivity (Wildman–Crippen MR) is 68.7 cm³/mol. The van der Waals surface area contributed by atoms with Crippen LogP contribution in [0.25, 0.3) is 0 Å². The van der Waals surface area contributed by atoms with E-state index in [-0.39, 0.29) is 5.69 Å². The van der Waals surface area contributed by atoms with Gasteiger partial charge >= 0.3 is 0 Å². The van der Waals surface area contributed by atoms with Crippen molar-refractivity contribution in [2.24, 2.45) is 5.92 Å². The van der Waals surface area contributed by atoms with Gasteiger partial charge in [0.25, 0.3) is 5.69 Å². The average molecular weight is 271 g/mol. The van der Waals surface area contributed by atoms with Gasteiger partial charge in [0.1, 0.15) is 0 Å². The Morgan fingerprint density at radius 3 is 3.00 bits per heavy atom. The quantitative estimate of drug-likeness (QED) is 0.659. The van der Waals surface area contributed by atoms with Crippen molar-refractivity contribution < 1.29 is 9.66 Å².